The highest BCUT2D eigenvalue weighted by atomic mass is 32.1. The highest BCUT2D eigenvalue weighted by Crippen LogP contribution is 2.38. The normalized spacial score (nSPS) is 22.0. The first-order valence-corrected chi connectivity index (χ1v) is 8.60. The number of piperazine rings is 1. The Balaban J connectivity index is 1.63. The molecule has 21 heavy (non-hydrogen) atoms. The number of hydrogen-bond acceptors (Lipinski definition) is 3. The number of fused-ring (bicyclic) bond motifs is 1. The molecule has 1 spiro atoms. The maximum absolute atomic E-state index is 12.4. The van der Waals surface area contributed by atoms with Crippen molar-refractivity contribution in [3.63, 3.8) is 0 Å². The number of benzene rings is 1. The molecule has 1 amide bonds. The van der Waals surface area contributed by atoms with E-state index in [4.69, 9.17) is 0 Å². The number of hydrogen-bond donors (Lipinski definition) is 1. The van der Waals surface area contributed by atoms with Crippen LogP contribution in [-0.4, -0.2) is 29.4 Å². The Labute approximate surface area is 128 Å². The average molecular weight is 300 g/mol. The quantitative estimate of drug-likeness (QED) is 0.924. The lowest BCUT2D eigenvalue weighted by Gasteiger charge is -2.43. The second kappa shape index (κ2) is 5.11. The van der Waals surface area contributed by atoms with Gasteiger partial charge in [-0.15, -0.1) is 11.3 Å². The first-order chi connectivity index (χ1) is 10.3. The molecule has 1 N–H and O–H groups in total. The lowest BCUT2D eigenvalue weighted by Crippen LogP contribution is -2.63. The summed E-state index contributed by atoms with van der Waals surface area (Å²) in [4.78, 5) is 16.2. The van der Waals surface area contributed by atoms with Gasteiger partial charge in [-0.2, -0.15) is 0 Å². The molecule has 1 aromatic heterocycles. The van der Waals surface area contributed by atoms with Crippen LogP contribution in [0.3, 0.4) is 0 Å². The minimum atomic E-state index is -0.228. The Morgan fingerprint density at radius 1 is 1.24 bits per heavy atom. The molecule has 2 fully saturated rings. The molecular formula is C17H20N2OS. The maximum Gasteiger partial charge on any atom is 0.240 e. The van der Waals surface area contributed by atoms with E-state index in [1.807, 2.05) is 11.3 Å². The SMILES string of the molecule is O=C1NCCN(Cc2cc3ccccc3s2)C12CCCC2. The highest BCUT2D eigenvalue weighted by molar-refractivity contribution is 7.19. The molecule has 0 bridgehead atoms. The second-order valence-corrected chi connectivity index (χ2v) is 7.34. The van der Waals surface area contributed by atoms with Gasteiger partial charge in [0.15, 0.2) is 0 Å². The first-order valence-electron chi connectivity index (χ1n) is 7.79. The first kappa shape index (κ1) is 13.3. The molecule has 2 heterocycles. The summed E-state index contributed by atoms with van der Waals surface area (Å²) in [5.74, 6) is 0.257. The largest absolute Gasteiger partial charge is 0.353 e. The van der Waals surface area contributed by atoms with Crippen molar-refractivity contribution in [1.82, 2.24) is 10.2 Å². The molecule has 1 aromatic carbocycles. The van der Waals surface area contributed by atoms with Crippen molar-refractivity contribution in [2.75, 3.05) is 13.1 Å². The Hall–Kier alpha value is -1.39. The minimum absolute atomic E-state index is 0.228. The summed E-state index contributed by atoms with van der Waals surface area (Å²) >= 11 is 1.86. The van der Waals surface area contributed by atoms with Crippen LogP contribution in [0, 0.1) is 0 Å². The molecular weight excluding hydrogens is 280 g/mol. The number of rotatable bonds is 2. The van der Waals surface area contributed by atoms with Crippen molar-refractivity contribution in [2.45, 2.75) is 37.8 Å². The van der Waals surface area contributed by atoms with Gasteiger partial charge in [0.05, 0.1) is 0 Å². The second-order valence-electron chi connectivity index (χ2n) is 6.17. The fourth-order valence-corrected chi connectivity index (χ4v) is 4.94. The van der Waals surface area contributed by atoms with Crippen LogP contribution >= 0.6 is 11.3 Å². The number of thiophene rings is 1. The van der Waals surface area contributed by atoms with Gasteiger partial charge in [-0.1, -0.05) is 31.0 Å². The van der Waals surface area contributed by atoms with E-state index >= 15 is 0 Å². The third-order valence-corrected chi connectivity index (χ3v) is 6.05. The molecule has 2 aliphatic rings. The van der Waals surface area contributed by atoms with E-state index in [0.717, 1.165) is 32.5 Å². The third-order valence-electron chi connectivity index (χ3n) is 4.95. The highest BCUT2D eigenvalue weighted by Gasteiger charge is 2.47. The monoisotopic (exact) mass is 300 g/mol. The third kappa shape index (κ3) is 2.17. The Bertz CT molecular complexity index is 639. The molecule has 1 saturated heterocycles. The predicted octanol–water partition coefficient (Wildman–Crippen LogP) is 3.15. The van der Waals surface area contributed by atoms with E-state index in [1.165, 1.54) is 27.8 Å². The van der Waals surface area contributed by atoms with Gasteiger partial charge in [0.25, 0.3) is 0 Å². The van der Waals surface area contributed by atoms with Gasteiger partial charge >= 0.3 is 0 Å². The van der Waals surface area contributed by atoms with Gasteiger partial charge in [0.1, 0.15) is 5.54 Å². The molecule has 1 aliphatic carbocycles. The van der Waals surface area contributed by atoms with E-state index in [9.17, 15) is 4.79 Å². The van der Waals surface area contributed by atoms with Crippen LogP contribution in [0.4, 0.5) is 0 Å². The molecule has 0 atom stereocenters. The zero-order valence-corrected chi connectivity index (χ0v) is 12.9. The number of nitrogens with one attached hydrogen (secondary N) is 1. The van der Waals surface area contributed by atoms with Crippen LogP contribution in [0.5, 0.6) is 0 Å². The van der Waals surface area contributed by atoms with Gasteiger partial charge in [-0.3, -0.25) is 9.69 Å². The van der Waals surface area contributed by atoms with Gasteiger partial charge in [-0.25, -0.2) is 0 Å². The van der Waals surface area contributed by atoms with E-state index in [2.05, 4.69) is 40.5 Å². The number of nitrogens with zero attached hydrogens (tertiary/aromatic N) is 1. The molecule has 4 rings (SSSR count). The van der Waals surface area contributed by atoms with Crippen molar-refractivity contribution in [2.24, 2.45) is 0 Å². The van der Waals surface area contributed by atoms with Crippen molar-refractivity contribution < 1.29 is 4.79 Å². The van der Waals surface area contributed by atoms with E-state index < -0.39 is 0 Å². The lowest BCUT2D eigenvalue weighted by atomic mass is 9.91. The van der Waals surface area contributed by atoms with E-state index in [1.54, 1.807) is 0 Å². The molecule has 4 heteroatoms. The standard InChI is InChI=1S/C17H20N2OS/c20-16-17(7-3-4-8-17)19(10-9-18-16)12-14-11-13-5-1-2-6-15(13)21-14/h1-2,5-6,11H,3-4,7-10,12H2,(H,18,20). The maximum atomic E-state index is 12.4. The van der Waals surface area contributed by atoms with Gasteiger partial charge in [-0.05, 0) is 30.4 Å². The fourth-order valence-electron chi connectivity index (χ4n) is 3.86. The Morgan fingerprint density at radius 3 is 2.86 bits per heavy atom. The zero-order valence-electron chi connectivity index (χ0n) is 12.1. The smallest absolute Gasteiger partial charge is 0.240 e. The summed E-state index contributed by atoms with van der Waals surface area (Å²) in [6.07, 6.45) is 4.39. The van der Waals surface area contributed by atoms with Crippen LogP contribution in [-0.2, 0) is 11.3 Å². The van der Waals surface area contributed by atoms with Crippen molar-refractivity contribution >= 4 is 27.3 Å². The average Bonchev–Trinajstić information content (AvgIpc) is 3.12. The molecule has 1 saturated carbocycles. The molecule has 110 valence electrons. The predicted molar refractivity (Wildman–Crippen MR) is 86.4 cm³/mol. The van der Waals surface area contributed by atoms with Gasteiger partial charge in [0.2, 0.25) is 5.91 Å². The summed E-state index contributed by atoms with van der Waals surface area (Å²) in [6, 6.07) is 10.8. The summed E-state index contributed by atoms with van der Waals surface area (Å²) in [6.45, 7) is 2.66. The molecule has 2 aromatic rings. The van der Waals surface area contributed by atoms with Crippen LogP contribution in [0.2, 0.25) is 0 Å². The van der Waals surface area contributed by atoms with Crippen molar-refractivity contribution in [3.05, 3.63) is 35.2 Å². The molecule has 0 unspecified atom stereocenters. The topological polar surface area (TPSA) is 32.3 Å². The number of carbonyl (C=O) groups excluding carboxylic acids is 1. The van der Waals surface area contributed by atoms with Crippen LogP contribution < -0.4 is 5.32 Å². The molecule has 3 nitrogen and oxygen atoms in total. The van der Waals surface area contributed by atoms with Crippen LogP contribution in [0.25, 0.3) is 10.1 Å². The van der Waals surface area contributed by atoms with E-state index in [0.29, 0.717) is 0 Å². The van der Waals surface area contributed by atoms with Gasteiger partial charge in [0, 0.05) is 29.2 Å². The Morgan fingerprint density at radius 2 is 2.05 bits per heavy atom. The van der Waals surface area contributed by atoms with Crippen LogP contribution in [0.15, 0.2) is 30.3 Å². The van der Waals surface area contributed by atoms with E-state index in [-0.39, 0.29) is 11.4 Å². The zero-order chi connectivity index (χ0) is 14.3. The summed E-state index contributed by atoms with van der Waals surface area (Å²) < 4.78 is 1.34. The van der Waals surface area contributed by atoms with Crippen LogP contribution in [0.1, 0.15) is 30.6 Å². The van der Waals surface area contributed by atoms with Crippen molar-refractivity contribution in [3.8, 4) is 0 Å². The fraction of sp³-hybridized carbons (Fsp3) is 0.471. The van der Waals surface area contributed by atoms with Crippen molar-refractivity contribution in [1.29, 1.82) is 0 Å². The number of amides is 1. The summed E-state index contributed by atoms with van der Waals surface area (Å²) in [5.41, 5.74) is -0.228. The summed E-state index contributed by atoms with van der Waals surface area (Å²) in [7, 11) is 0. The molecule has 1 aliphatic heterocycles. The summed E-state index contributed by atoms with van der Waals surface area (Å²) in [5, 5.41) is 4.40. The molecule has 0 radical (unpaired) electrons. The number of carbonyl (C=O) groups is 1. The minimum Gasteiger partial charge on any atom is -0.353 e. The van der Waals surface area contributed by atoms with Gasteiger partial charge < -0.3 is 5.32 Å². The Kier molecular flexibility index (Phi) is 3.23. The lowest BCUT2D eigenvalue weighted by molar-refractivity contribution is -0.137.